The van der Waals surface area contributed by atoms with Crippen molar-refractivity contribution in [2.45, 2.75) is 26.3 Å². The monoisotopic (exact) mass is 261 g/mol. The average molecular weight is 261 g/mol. The average Bonchev–Trinajstić information content (AvgIpc) is 2.89. The van der Waals surface area contributed by atoms with Crippen LogP contribution in [0.2, 0.25) is 0 Å². The van der Waals surface area contributed by atoms with Crippen molar-refractivity contribution in [2.75, 3.05) is 13.2 Å². The molecule has 6 heteroatoms. The number of aromatic nitrogens is 4. The van der Waals surface area contributed by atoms with Crippen LogP contribution in [0.15, 0.2) is 24.3 Å². The highest BCUT2D eigenvalue weighted by molar-refractivity contribution is 5.55. The van der Waals surface area contributed by atoms with Crippen molar-refractivity contribution in [1.82, 2.24) is 20.2 Å². The van der Waals surface area contributed by atoms with E-state index in [0.717, 1.165) is 36.5 Å². The molecule has 0 aliphatic carbocycles. The zero-order valence-electron chi connectivity index (χ0n) is 11.1. The number of ether oxygens (including phenoxy) is 1. The van der Waals surface area contributed by atoms with E-state index in [4.69, 9.17) is 10.5 Å². The number of hydrogen-bond acceptors (Lipinski definition) is 5. The molecule has 0 saturated carbocycles. The molecule has 0 fully saturated rings. The largest absolute Gasteiger partial charge is 0.494 e. The molecule has 0 amide bonds. The minimum atomic E-state index is 0.663. The Morgan fingerprint density at radius 2 is 2.00 bits per heavy atom. The van der Waals surface area contributed by atoms with E-state index < -0.39 is 0 Å². The molecule has 0 aliphatic rings. The van der Waals surface area contributed by atoms with Crippen LogP contribution < -0.4 is 10.5 Å². The van der Waals surface area contributed by atoms with E-state index in [9.17, 15) is 0 Å². The number of nitrogens with two attached hydrogens (primary N) is 1. The van der Waals surface area contributed by atoms with Gasteiger partial charge in [-0.1, -0.05) is 0 Å². The fourth-order valence-electron chi connectivity index (χ4n) is 1.83. The summed E-state index contributed by atoms with van der Waals surface area (Å²) in [6.07, 6.45) is 1.95. The van der Waals surface area contributed by atoms with Crippen molar-refractivity contribution < 1.29 is 4.74 Å². The number of aryl methyl sites for hydroxylation is 1. The Hall–Kier alpha value is -1.95. The first kappa shape index (κ1) is 13.5. The summed E-state index contributed by atoms with van der Waals surface area (Å²) in [5, 5.41) is 11.8. The number of unbranched alkanes of at least 4 members (excludes halogenated alkanes) is 1. The molecule has 0 spiro atoms. The second-order valence-corrected chi connectivity index (χ2v) is 4.18. The molecular formula is C13H19N5O. The summed E-state index contributed by atoms with van der Waals surface area (Å²) in [6, 6.07) is 7.79. The lowest BCUT2D eigenvalue weighted by atomic mass is 10.2. The molecule has 0 radical (unpaired) electrons. The van der Waals surface area contributed by atoms with Crippen LogP contribution in [0.3, 0.4) is 0 Å². The second-order valence-electron chi connectivity index (χ2n) is 4.18. The van der Waals surface area contributed by atoms with Gasteiger partial charge in [-0.15, -0.1) is 5.10 Å². The third-order valence-electron chi connectivity index (χ3n) is 2.78. The summed E-state index contributed by atoms with van der Waals surface area (Å²) in [5.74, 6) is 1.63. The Kier molecular flexibility index (Phi) is 4.85. The van der Waals surface area contributed by atoms with E-state index in [-0.39, 0.29) is 0 Å². The van der Waals surface area contributed by atoms with Gasteiger partial charge in [0.1, 0.15) is 5.75 Å². The number of tetrazole rings is 1. The molecule has 0 bridgehead atoms. The van der Waals surface area contributed by atoms with Gasteiger partial charge in [0.15, 0.2) is 5.82 Å². The number of hydrogen-bond donors (Lipinski definition) is 1. The van der Waals surface area contributed by atoms with Crippen LogP contribution in [-0.4, -0.2) is 33.4 Å². The first-order valence-corrected chi connectivity index (χ1v) is 6.54. The van der Waals surface area contributed by atoms with E-state index >= 15 is 0 Å². The minimum absolute atomic E-state index is 0.663. The maximum Gasteiger partial charge on any atom is 0.182 e. The van der Waals surface area contributed by atoms with Crippen molar-refractivity contribution in [2.24, 2.45) is 5.73 Å². The van der Waals surface area contributed by atoms with Gasteiger partial charge < -0.3 is 10.5 Å². The van der Waals surface area contributed by atoms with Crippen LogP contribution in [0.1, 0.15) is 19.8 Å². The smallest absolute Gasteiger partial charge is 0.182 e. The third-order valence-corrected chi connectivity index (χ3v) is 2.78. The molecule has 2 N–H and O–H groups in total. The second kappa shape index (κ2) is 6.84. The highest BCUT2D eigenvalue weighted by atomic mass is 16.5. The molecule has 0 unspecified atom stereocenters. The lowest BCUT2D eigenvalue weighted by Crippen LogP contribution is -2.06. The fraction of sp³-hybridized carbons (Fsp3) is 0.462. The Bertz CT molecular complexity index is 494. The van der Waals surface area contributed by atoms with Gasteiger partial charge in [-0.25, -0.2) is 4.68 Å². The number of rotatable bonds is 7. The summed E-state index contributed by atoms with van der Waals surface area (Å²) >= 11 is 0. The number of nitrogens with zero attached hydrogens (tertiary/aromatic N) is 4. The molecule has 0 atom stereocenters. The van der Waals surface area contributed by atoms with Gasteiger partial charge >= 0.3 is 0 Å². The first-order valence-electron chi connectivity index (χ1n) is 6.54. The van der Waals surface area contributed by atoms with Crippen LogP contribution in [0.25, 0.3) is 11.4 Å². The maximum absolute atomic E-state index is 5.49. The van der Waals surface area contributed by atoms with Crippen molar-refractivity contribution in [3.8, 4) is 17.1 Å². The molecule has 1 aromatic heterocycles. The van der Waals surface area contributed by atoms with Crippen molar-refractivity contribution in [3.05, 3.63) is 24.3 Å². The highest BCUT2D eigenvalue weighted by Gasteiger charge is 2.08. The Morgan fingerprint density at radius 1 is 1.21 bits per heavy atom. The number of benzene rings is 1. The van der Waals surface area contributed by atoms with E-state index in [0.29, 0.717) is 13.2 Å². The predicted octanol–water partition coefficient (Wildman–Crippen LogP) is 1.48. The standard InChI is InChI=1S/C13H19N5O/c1-2-19-12-7-5-11(6-8-12)13-15-16-17-18(13)10-4-3-9-14/h5-8H,2-4,9-10,14H2,1H3. The lowest BCUT2D eigenvalue weighted by molar-refractivity contribution is 0.340. The summed E-state index contributed by atoms with van der Waals surface area (Å²) in [6.45, 7) is 4.11. The van der Waals surface area contributed by atoms with Crippen LogP contribution in [0.5, 0.6) is 5.75 Å². The van der Waals surface area contributed by atoms with E-state index in [1.54, 1.807) is 0 Å². The predicted molar refractivity (Wildman–Crippen MR) is 72.7 cm³/mol. The quantitative estimate of drug-likeness (QED) is 0.764. The van der Waals surface area contributed by atoms with E-state index in [1.165, 1.54) is 0 Å². The van der Waals surface area contributed by atoms with Crippen molar-refractivity contribution in [3.63, 3.8) is 0 Å². The Labute approximate surface area is 112 Å². The zero-order chi connectivity index (χ0) is 13.5. The van der Waals surface area contributed by atoms with E-state index in [2.05, 4.69) is 15.5 Å². The summed E-state index contributed by atoms with van der Waals surface area (Å²) in [4.78, 5) is 0. The molecule has 0 saturated heterocycles. The van der Waals surface area contributed by atoms with Gasteiger partial charge in [-0.3, -0.25) is 0 Å². The van der Waals surface area contributed by atoms with Crippen LogP contribution >= 0.6 is 0 Å². The van der Waals surface area contributed by atoms with Crippen molar-refractivity contribution >= 4 is 0 Å². The van der Waals surface area contributed by atoms with E-state index in [1.807, 2.05) is 35.9 Å². The van der Waals surface area contributed by atoms with Gasteiger partial charge in [-0.05, 0) is 61.0 Å². The van der Waals surface area contributed by atoms with Crippen LogP contribution in [0.4, 0.5) is 0 Å². The van der Waals surface area contributed by atoms with Crippen LogP contribution in [0, 0.1) is 0 Å². The van der Waals surface area contributed by atoms with Gasteiger partial charge in [0.2, 0.25) is 0 Å². The Balaban J connectivity index is 2.10. The summed E-state index contributed by atoms with van der Waals surface area (Å²) in [5.41, 5.74) is 6.47. The minimum Gasteiger partial charge on any atom is -0.494 e. The molecule has 2 rings (SSSR count). The molecule has 19 heavy (non-hydrogen) atoms. The molecule has 1 aromatic carbocycles. The normalized spacial score (nSPS) is 10.6. The van der Waals surface area contributed by atoms with Crippen molar-refractivity contribution in [1.29, 1.82) is 0 Å². The highest BCUT2D eigenvalue weighted by Crippen LogP contribution is 2.20. The molecule has 0 aliphatic heterocycles. The molecule has 6 nitrogen and oxygen atoms in total. The maximum atomic E-state index is 5.49. The molecular weight excluding hydrogens is 242 g/mol. The van der Waals surface area contributed by atoms with Gasteiger partial charge in [0.05, 0.1) is 6.61 Å². The molecule has 2 aromatic rings. The molecule has 1 heterocycles. The summed E-state index contributed by atoms with van der Waals surface area (Å²) < 4.78 is 7.23. The Morgan fingerprint density at radius 3 is 2.68 bits per heavy atom. The topological polar surface area (TPSA) is 78.9 Å². The third kappa shape index (κ3) is 3.51. The summed E-state index contributed by atoms with van der Waals surface area (Å²) in [7, 11) is 0. The van der Waals surface area contributed by atoms with Crippen LogP contribution in [-0.2, 0) is 6.54 Å². The lowest BCUT2D eigenvalue weighted by Gasteiger charge is -2.06. The zero-order valence-corrected chi connectivity index (χ0v) is 11.1. The van der Waals surface area contributed by atoms with Gasteiger partial charge in [0.25, 0.3) is 0 Å². The SMILES string of the molecule is CCOc1ccc(-c2nnnn2CCCCN)cc1. The molecule has 102 valence electrons. The first-order chi connectivity index (χ1) is 9.35. The fourth-order valence-corrected chi connectivity index (χ4v) is 1.83. The van der Waals surface area contributed by atoms with Gasteiger partial charge in [-0.2, -0.15) is 0 Å². The van der Waals surface area contributed by atoms with Gasteiger partial charge in [0, 0.05) is 12.1 Å².